The van der Waals surface area contributed by atoms with Gasteiger partial charge in [-0.2, -0.15) is 0 Å². The summed E-state index contributed by atoms with van der Waals surface area (Å²) in [5, 5.41) is 24.7. The van der Waals surface area contributed by atoms with Crippen LogP contribution in [0.15, 0.2) is 4.99 Å². The standard InChI is InChI=1S/C23H35NO6/c1-27-11-20-6-5-16(29-3)23-13-7-12-14(28-2)8-21(25,17(13)18(12)30-4)22(26,9-15(20)23)19(23)24-10-20/h10,12-19,25-26H,5-9,11H2,1-4H3/t12-,13?,14+,15?,16+,17?,18+,19?,20-,21-,22+,23-/m1/s1. The van der Waals surface area contributed by atoms with Gasteiger partial charge in [0.15, 0.2) is 0 Å². The van der Waals surface area contributed by atoms with Crippen molar-refractivity contribution in [2.24, 2.45) is 39.5 Å². The van der Waals surface area contributed by atoms with Crippen molar-refractivity contribution in [3.05, 3.63) is 0 Å². The summed E-state index contributed by atoms with van der Waals surface area (Å²) in [7, 11) is 6.99. The maximum Gasteiger partial charge on any atom is 0.117 e. The van der Waals surface area contributed by atoms with E-state index in [0.29, 0.717) is 19.4 Å². The molecular weight excluding hydrogens is 386 g/mol. The fraction of sp³-hybridized carbons (Fsp3) is 0.957. The van der Waals surface area contributed by atoms with Gasteiger partial charge in [0.25, 0.3) is 0 Å². The summed E-state index contributed by atoms with van der Waals surface area (Å²) in [6, 6.07) is -0.358. The Morgan fingerprint density at radius 3 is 2.50 bits per heavy atom. The van der Waals surface area contributed by atoms with Crippen molar-refractivity contribution in [1.29, 1.82) is 0 Å². The summed E-state index contributed by atoms with van der Waals surface area (Å²) in [4.78, 5) is 5.06. The number of fused-ring (bicyclic) bond motifs is 2. The molecule has 1 aliphatic heterocycles. The fourth-order valence-corrected chi connectivity index (χ4v) is 9.86. The largest absolute Gasteiger partial charge is 0.386 e. The first-order valence-electron chi connectivity index (χ1n) is 11.4. The Morgan fingerprint density at radius 1 is 1.03 bits per heavy atom. The lowest BCUT2D eigenvalue weighted by Gasteiger charge is -2.65. The van der Waals surface area contributed by atoms with Crippen molar-refractivity contribution in [3.8, 4) is 0 Å². The Morgan fingerprint density at radius 2 is 1.83 bits per heavy atom. The molecule has 12 atom stereocenters. The normalized spacial score (nSPS) is 62.1. The Labute approximate surface area is 178 Å². The van der Waals surface area contributed by atoms with Crippen LogP contribution in [0.25, 0.3) is 0 Å². The average molecular weight is 422 g/mol. The Bertz CT molecular complexity index is 777. The van der Waals surface area contributed by atoms with Crippen LogP contribution in [0.3, 0.4) is 0 Å². The van der Waals surface area contributed by atoms with Gasteiger partial charge < -0.3 is 29.2 Å². The van der Waals surface area contributed by atoms with Gasteiger partial charge in [-0.1, -0.05) is 0 Å². The number of aliphatic hydroxyl groups is 2. The SMILES string of the molecule is COC[C@@]12C=NC3[C@@]4(C5C[C@@H]6[C@@H](OC)C[C@@](O)(C5[C@H]6OC)[C@]3(O)CC14)[C@@H](OC)CC2. The predicted molar refractivity (Wildman–Crippen MR) is 108 cm³/mol. The molecule has 4 unspecified atom stereocenters. The van der Waals surface area contributed by atoms with Gasteiger partial charge in [0.1, 0.15) is 11.2 Å². The molecule has 5 fully saturated rings. The van der Waals surface area contributed by atoms with Gasteiger partial charge in [0.05, 0.1) is 31.0 Å². The highest BCUT2D eigenvalue weighted by Crippen LogP contribution is 2.79. The lowest BCUT2D eigenvalue weighted by Crippen LogP contribution is -2.76. The van der Waals surface area contributed by atoms with Gasteiger partial charge in [-0.25, -0.2) is 0 Å². The number of methoxy groups -OCH3 is 4. The molecule has 7 nitrogen and oxygen atoms in total. The Kier molecular flexibility index (Phi) is 4.05. The third-order valence-corrected chi connectivity index (χ3v) is 10.6. The van der Waals surface area contributed by atoms with Crippen LogP contribution in [0, 0.1) is 34.5 Å². The molecule has 0 aromatic carbocycles. The van der Waals surface area contributed by atoms with E-state index in [1.54, 1.807) is 28.4 Å². The van der Waals surface area contributed by atoms with Crippen LogP contribution in [0.1, 0.15) is 32.1 Å². The summed E-state index contributed by atoms with van der Waals surface area (Å²) in [5.41, 5.74) is -3.10. The van der Waals surface area contributed by atoms with E-state index in [2.05, 4.69) is 6.21 Å². The van der Waals surface area contributed by atoms with E-state index >= 15 is 0 Å². The van der Waals surface area contributed by atoms with Crippen LogP contribution in [0.4, 0.5) is 0 Å². The van der Waals surface area contributed by atoms with E-state index in [1.807, 2.05) is 0 Å². The molecule has 1 heterocycles. The third kappa shape index (κ3) is 1.83. The molecule has 0 aromatic rings. The number of hydrogen-bond donors (Lipinski definition) is 2. The highest BCUT2D eigenvalue weighted by atomic mass is 16.5. The maximum atomic E-state index is 12.4. The monoisotopic (exact) mass is 421 g/mol. The molecule has 0 amide bonds. The topological polar surface area (TPSA) is 89.7 Å². The first kappa shape index (κ1) is 20.1. The molecular formula is C23H35NO6. The molecule has 0 aromatic heterocycles. The summed E-state index contributed by atoms with van der Waals surface area (Å²) in [5.74, 6) is 0.436. The molecule has 7 bridgehead atoms. The molecule has 0 saturated heterocycles. The highest BCUT2D eigenvalue weighted by Gasteiger charge is 2.87. The molecule has 1 spiro atoms. The molecule has 6 aliphatic rings. The second-order valence-corrected chi connectivity index (χ2v) is 10.9. The van der Waals surface area contributed by atoms with Crippen molar-refractivity contribution >= 4 is 6.21 Å². The van der Waals surface area contributed by atoms with Crippen LogP contribution >= 0.6 is 0 Å². The van der Waals surface area contributed by atoms with Gasteiger partial charge in [-0.15, -0.1) is 0 Å². The number of hydrogen-bond acceptors (Lipinski definition) is 7. The van der Waals surface area contributed by atoms with Crippen LogP contribution in [-0.4, -0.2) is 87.0 Å². The highest BCUT2D eigenvalue weighted by molar-refractivity contribution is 5.71. The maximum absolute atomic E-state index is 12.4. The van der Waals surface area contributed by atoms with Crippen LogP contribution < -0.4 is 0 Å². The van der Waals surface area contributed by atoms with Crippen molar-refractivity contribution in [2.75, 3.05) is 35.0 Å². The van der Waals surface area contributed by atoms with Crippen molar-refractivity contribution in [3.63, 3.8) is 0 Å². The first-order chi connectivity index (χ1) is 14.4. The summed E-state index contributed by atoms with van der Waals surface area (Å²) < 4.78 is 23.8. The fourth-order valence-electron chi connectivity index (χ4n) is 9.86. The molecule has 7 heteroatoms. The number of nitrogens with zero attached hydrogens (tertiary/aromatic N) is 1. The van der Waals surface area contributed by atoms with Crippen LogP contribution in [-0.2, 0) is 18.9 Å². The molecule has 5 saturated carbocycles. The van der Waals surface area contributed by atoms with Crippen molar-refractivity contribution in [1.82, 2.24) is 0 Å². The van der Waals surface area contributed by atoms with Gasteiger partial charge in [0, 0.05) is 63.7 Å². The second-order valence-electron chi connectivity index (χ2n) is 10.9. The second kappa shape index (κ2) is 6.06. The van der Waals surface area contributed by atoms with Gasteiger partial charge in [0.2, 0.25) is 0 Å². The lowest BCUT2D eigenvalue weighted by atomic mass is 9.44. The smallest absolute Gasteiger partial charge is 0.117 e. The van der Waals surface area contributed by atoms with Gasteiger partial charge in [-0.3, -0.25) is 4.99 Å². The zero-order valence-electron chi connectivity index (χ0n) is 18.4. The molecule has 5 aliphatic carbocycles. The van der Waals surface area contributed by atoms with Crippen molar-refractivity contribution in [2.45, 2.75) is 67.7 Å². The van der Waals surface area contributed by atoms with E-state index in [1.165, 1.54) is 0 Å². The van der Waals surface area contributed by atoms with Crippen LogP contribution in [0.2, 0.25) is 0 Å². The molecule has 0 radical (unpaired) electrons. The minimum absolute atomic E-state index is 0.0105. The molecule has 30 heavy (non-hydrogen) atoms. The number of rotatable bonds is 5. The zero-order chi connectivity index (χ0) is 21.1. The minimum Gasteiger partial charge on any atom is -0.386 e. The van der Waals surface area contributed by atoms with E-state index < -0.39 is 11.2 Å². The number of aliphatic imine (C=N–C) groups is 1. The Hall–Kier alpha value is -0.570. The lowest BCUT2D eigenvalue weighted by molar-refractivity contribution is -0.283. The van der Waals surface area contributed by atoms with Gasteiger partial charge >= 0.3 is 0 Å². The first-order valence-corrected chi connectivity index (χ1v) is 11.4. The predicted octanol–water partition coefficient (Wildman–Crippen LogP) is 1.05. The molecule has 6 rings (SSSR count). The Balaban J connectivity index is 1.61. The van der Waals surface area contributed by atoms with Crippen molar-refractivity contribution < 1.29 is 29.2 Å². The van der Waals surface area contributed by atoms with Gasteiger partial charge in [-0.05, 0) is 37.5 Å². The van der Waals surface area contributed by atoms with E-state index in [4.69, 9.17) is 23.9 Å². The third-order valence-electron chi connectivity index (χ3n) is 10.6. The minimum atomic E-state index is -1.31. The quantitative estimate of drug-likeness (QED) is 0.690. The van der Waals surface area contributed by atoms with E-state index in [0.717, 1.165) is 19.3 Å². The van der Waals surface area contributed by atoms with E-state index in [-0.39, 0.29) is 58.9 Å². The van der Waals surface area contributed by atoms with Crippen LogP contribution in [0.5, 0.6) is 0 Å². The average Bonchev–Trinajstić information content (AvgIpc) is 3.14. The zero-order valence-corrected chi connectivity index (χ0v) is 18.4. The van der Waals surface area contributed by atoms with E-state index in [9.17, 15) is 10.2 Å². The summed E-state index contributed by atoms with van der Waals surface area (Å²) in [6.07, 6.45) is 5.58. The molecule has 2 N–H and O–H groups in total. The number of ether oxygens (including phenoxy) is 4. The molecule has 168 valence electrons. The summed E-state index contributed by atoms with van der Waals surface area (Å²) in [6.45, 7) is 0.593. The summed E-state index contributed by atoms with van der Waals surface area (Å²) >= 11 is 0.